The molecule has 2 aliphatic rings. The highest BCUT2D eigenvalue weighted by atomic mass is 16.7. The van der Waals surface area contributed by atoms with Crippen LogP contribution in [-0.4, -0.2) is 41.4 Å². The van der Waals surface area contributed by atoms with Crippen LogP contribution in [0.2, 0.25) is 0 Å². The number of hydrogen-bond donors (Lipinski definition) is 2. The number of aliphatic hydroxyl groups is 2. The Labute approximate surface area is 103 Å². The minimum Gasteiger partial charge on any atom is -0.392 e. The normalized spacial score (nSPS) is 56.1. The van der Waals surface area contributed by atoms with Crippen LogP contribution in [0.4, 0.5) is 0 Å². The van der Waals surface area contributed by atoms with Gasteiger partial charge in [0.2, 0.25) is 0 Å². The van der Waals surface area contributed by atoms with Gasteiger partial charge in [0.15, 0.2) is 5.79 Å². The van der Waals surface area contributed by atoms with Crippen molar-refractivity contribution >= 4 is 0 Å². The lowest BCUT2D eigenvalue weighted by atomic mass is 9.73. The van der Waals surface area contributed by atoms with Crippen molar-refractivity contribution < 1.29 is 19.7 Å². The predicted octanol–water partition coefficient (Wildman–Crippen LogP) is 1.01. The summed E-state index contributed by atoms with van der Waals surface area (Å²) in [4.78, 5) is 0. The van der Waals surface area contributed by atoms with Crippen LogP contribution in [0.3, 0.4) is 0 Å². The molecule has 0 radical (unpaired) electrons. The lowest BCUT2D eigenvalue weighted by molar-refractivity contribution is -0.366. The Morgan fingerprint density at radius 1 is 0.824 bits per heavy atom. The maximum atomic E-state index is 10.2. The molecule has 6 atom stereocenters. The van der Waals surface area contributed by atoms with Gasteiger partial charge in [0, 0.05) is 23.7 Å². The fraction of sp³-hybridized carbons (Fsp3) is 1.00. The summed E-state index contributed by atoms with van der Waals surface area (Å²) >= 11 is 0. The van der Waals surface area contributed by atoms with E-state index in [1.165, 1.54) is 0 Å². The Hall–Kier alpha value is -0.160. The van der Waals surface area contributed by atoms with Crippen LogP contribution < -0.4 is 0 Å². The van der Waals surface area contributed by atoms with E-state index < -0.39 is 18.0 Å². The van der Waals surface area contributed by atoms with Crippen molar-refractivity contribution in [2.75, 3.05) is 13.2 Å². The van der Waals surface area contributed by atoms with E-state index in [9.17, 15) is 10.2 Å². The number of rotatable bonds is 0. The zero-order chi connectivity index (χ0) is 12.8. The lowest BCUT2D eigenvalue weighted by Gasteiger charge is -2.54. The average molecular weight is 244 g/mol. The van der Waals surface area contributed by atoms with Crippen LogP contribution in [0.5, 0.6) is 0 Å². The van der Waals surface area contributed by atoms with Gasteiger partial charge in [-0.25, -0.2) is 0 Å². The third-order valence-corrected chi connectivity index (χ3v) is 4.60. The summed E-state index contributed by atoms with van der Waals surface area (Å²) in [5.41, 5.74) is 0. The molecule has 4 heteroatoms. The first-order chi connectivity index (χ1) is 7.90. The van der Waals surface area contributed by atoms with Crippen LogP contribution in [0, 0.1) is 23.7 Å². The van der Waals surface area contributed by atoms with Gasteiger partial charge in [-0.05, 0) is 0 Å². The van der Waals surface area contributed by atoms with Crippen LogP contribution in [0.1, 0.15) is 27.7 Å². The Bertz CT molecular complexity index is 253. The van der Waals surface area contributed by atoms with Gasteiger partial charge in [-0.3, -0.25) is 0 Å². The van der Waals surface area contributed by atoms with Crippen LogP contribution in [0.25, 0.3) is 0 Å². The monoisotopic (exact) mass is 244 g/mol. The molecule has 2 saturated heterocycles. The van der Waals surface area contributed by atoms with Crippen LogP contribution >= 0.6 is 0 Å². The molecule has 0 aromatic rings. The highest BCUT2D eigenvalue weighted by Gasteiger charge is 2.56. The van der Waals surface area contributed by atoms with E-state index in [2.05, 4.69) is 0 Å². The molecule has 2 heterocycles. The van der Waals surface area contributed by atoms with Gasteiger partial charge in [-0.1, -0.05) is 27.7 Å². The van der Waals surface area contributed by atoms with Crippen molar-refractivity contribution in [2.45, 2.75) is 45.7 Å². The fourth-order valence-corrected chi connectivity index (χ4v) is 3.16. The third kappa shape index (κ3) is 1.91. The molecular formula is C13H24O4. The second kappa shape index (κ2) is 4.50. The second-order valence-corrected chi connectivity index (χ2v) is 5.86. The summed E-state index contributed by atoms with van der Waals surface area (Å²) in [7, 11) is 0. The quantitative estimate of drug-likeness (QED) is 0.667. The van der Waals surface area contributed by atoms with Crippen LogP contribution in [-0.2, 0) is 9.47 Å². The van der Waals surface area contributed by atoms with E-state index in [-0.39, 0.29) is 23.7 Å². The predicted molar refractivity (Wildman–Crippen MR) is 63.3 cm³/mol. The molecule has 0 saturated carbocycles. The highest BCUT2D eigenvalue weighted by Crippen LogP contribution is 2.45. The molecule has 0 amide bonds. The topological polar surface area (TPSA) is 58.9 Å². The first-order valence-electron chi connectivity index (χ1n) is 6.54. The van der Waals surface area contributed by atoms with E-state index in [0.29, 0.717) is 13.2 Å². The minimum absolute atomic E-state index is 0.114. The van der Waals surface area contributed by atoms with Gasteiger partial charge in [-0.15, -0.1) is 0 Å². The average Bonchev–Trinajstić information content (AvgIpc) is 2.32. The van der Waals surface area contributed by atoms with Gasteiger partial charge in [0.05, 0.1) is 25.4 Å². The molecule has 0 aromatic heterocycles. The van der Waals surface area contributed by atoms with Gasteiger partial charge < -0.3 is 19.7 Å². The zero-order valence-electron chi connectivity index (χ0n) is 11.1. The van der Waals surface area contributed by atoms with Crippen molar-refractivity contribution in [1.29, 1.82) is 0 Å². The first-order valence-corrected chi connectivity index (χ1v) is 6.54. The number of ether oxygens (including phenoxy) is 2. The van der Waals surface area contributed by atoms with Crippen molar-refractivity contribution in [3.63, 3.8) is 0 Å². The smallest absolute Gasteiger partial charge is 0.178 e. The third-order valence-electron chi connectivity index (χ3n) is 4.60. The molecule has 2 fully saturated rings. The number of hydrogen-bond acceptors (Lipinski definition) is 4. The summed E-state index contributed by atoms with van der Waals surface area (Å²) in [5, 5.41) is 20.4. The first kappa shape index (κ1) is 13.3. The maximum absolute atomic E-state index is 10.2. The van der Waals surface area contributed by atoms with Gasteiger partial charge in [0.25, 0.3) is 0 Å². The SMILES string of the molecule is C[C@@H]1COC2(OC[C@@H](C)[C@H](O)[C@H]2C)[C@H](C)[C@H]1O. The molecule has 0 aromatic carbocycles. The summed E-state index contributed by atoms with van der Waals surface area (Å²) in [6, 6.07) is 0. The molecule has 2 rings (SSSR count). The van der Waals surface area contributed by atoms with Crippen molar-refractivity contribution in [2.24, 2.45) is 23.7 Å². The highest BCUT2D eigenvalue weighted by molar-refractivity contribution is 4.97. The minimum atomic E-state index is -0.822. The molecule has 100 valence electrons. The largest absolute Gasteiger partial charge is 0.392 e. The fourth-order valence-electron chi connectivity index (χ4n) is 3.16. The van der Waals surface area contributed by atoms with Crippen molar-refractivity contribution in [3.05, 3.63) is 0 Å². The Morgan fingerprint density at radius 3 is 1.53 bits per heavy atom. The van der Waals surface area contributed by atoms with E-state index in [1.54, 1.807) is 0 Å². The van der Waals surface area contributed by atoms with Gasteiger partial charge >= 0.3 is 0 Å². The second-order valence-electron chi connectivity index (χ2n) is 5.86. The summed E-state index contributed by atoms with van der Waals surface area (Å²) in [6.45, 7) is 8.80. The molecule has 4 nitrogen and oxygen atoms in total. The van der Waals surface area contributed by atoms with E-state index in [4.69, 9.17) is 9.47 Å². The maximum Gasteiger partial charge on any atom is 0.178 e. The Balaban J connectivity index is 2.23. The van der Waals surface area contributed by atoms with Gasteiger partial charge in [0.1, 0.15) is 0 Å². The molecule has 0 unspecified atom stereocenters. The van der Waals surface area contributed by atoms with Crippen molar-refractivity contribution in [3.8, 4) is 0 Å². The van der Waals surface area contributed by atoms with E-state index >= 15 is 0 Å². The molecule has 1 spiro atoms. The molecule has 2 aliphatic heterocycles. The summed E-state index contributed by atoms with van der Waals surface area (Å²) < 4.78 is 11.8. The van der Waals surface area contributed by atoms with Gasteiger partial charge in [-0.2, -0.15) is 0 Å². The molecule has 0 bridgehead atoms. The zero-order valence-corrected chi connectivity index (χ0v) is 11.1. The summed E-state index contributed by atoms with van der Waals surface area (Å²) in [6.07, 6.45) is -0.876. The Kier molecular flexibility index (Phi) is 3.51. The molecule has 2 N–H and O–H groups in total. The number of aliphatic hydroxyl groups excluding tert-OH is 2. The Morgan fingerprint density at radius 2 is 1.18 bits per heavy atom. The van der Waals surface area contributed by atoms with Crippen molar-refractivity contribution in [1.82, 2.24) is 0 Å². The molecule has 0 aliphatic carbocycles. The van der Waals surface area contributed by atoms with E-state index in [0.717, 1.165) is 0 Å². The molecular weight excluding hydrogens is 220 g/mol. The lowest BCUT2D eigenvalue weighted by Crippen LogP contribution is -2.64. The summed E-state index contributed by atoms with van der Waals surface area (Å²) in [5.74, 6) is -0.838. The molecule has 17 heavy (non-hydrogen) atoms. The standard InChI is InChI=1S/C13H24O4/c1-7-5-16-13(9(3)11(7)14)10(4)12(15)8(2)6-17-13/h7-12,14-15H,5-6H2,1-4H3/t7-,8-,9-,10-,11+,12+,13?/m1/s1. The van der Waals surface area contributed by atoms with E-state index in [1.807, 2.05) is 27.7 Å². The van der Waals surface area contributed by atoms with Crippen LogP contribution in [0.15, 0.2) is 0 Å².